The molecule has 0 heterocycles. The molecule has 2 heteroatoms. The minimum Gasteiger partial charge on any atom is -0.312 e. The quantitative estimate of drug-likeness (QED) is 0.701. The van der Waals surface area contributed by atoms with E-state index in [4.69, 9.17) is 0 Å². The molecule has 0 saturated carbocycles. The van der Waals surface area contributed by atoms with Crippen molar-refractivity contribution in [3.8, 4) is 11.1 Å². The number of hydrogen-bond donors (Lipinski definition) is 0. The lowest BCUT2D eigenvalue weighted by atomic mass is 9.96. The van der Waals surface area contributed by atoms with Crippen LogP contribution in [0.5, 0.6) is 0 Å². The molecule has 148 valence electrons. The van der Waals surface area contributed by atoms with Crippen LogP contribution in [0.25, 0.3) is 37.4 Å². The summed E-state index contributed by atoms with van der Waals surface area (Å²) >= 11 is 0. The number of amides is 1. The van der Waals surface area contributed by atoms with Crippen LogP contribution in [0.2, 0.25) is 0 Å². The zero-order valence-corrected chi connectivity index (χ0v) is 17.7. The molecule has 0 spiro atoms. The summed E-state index contributed by atoms with van der Waals surface area (Å²) in [7, 11) is 1.72. The highest BCUT2D eigenvalue weighted by Gasteiger charge is 2.19. The Morgan fingerprint density at radius 2 is 1.59 bits per heavy atom. The van der Waals surface area contributed by atoms with Gasteiger partial charge in [0.15, 0.2) is 0 Å². The first-order chi connectivity index (χ1) is 13.6. The van der Waals surface area contributed by atoms with E-state index in [2.05, 4.69) is 53.3 Å². The molecule has 2 rings (SSSR count). The van der Waals surface area contributed by atoms with E-state index in [1.165, 1.54) is 0 Å². The second-order valence-corrected chi connectivity index (χ2v) is 7.38. The zero-order valence-electron chi connectivity index (χ0n) is 17.7. The molecule has 0 aliphatic carbocycles. The van der Waals surface area contributed by atoms with Crippen molar-refractivity contribution in [3.63, 3.8) is 0 Å². The lowest BCUT2D eigenvalue weighted by Gasteiger charge is -2.24. The number of benzene rings is 2. The summed E-state index contributed by atoms with van der Waals surface area (Å²) in [5.41, 5.74) is 3.95. The van der Waals surface area contributed by atoms with E-state index in [0.29, 0.717) is 21.7 Å². The van der Waals surface area contributed by atoms with Gasteiger partial charge in [-0.05, 0) is 49.6 Å². The Morgan fingerprint density at radius 1 is 0.966 bits per heavy atom. The van der Waals surface area contributed by atoms with Gasteiger partial charge in [0.1, 0.15) is 0 Å². The van der Waals surface area contributed by atoms with Gasteiger partial charge in [0, 0.05) is 18.3 Å². The number of carbonyl (C=O) groups excluding carboxylic acids is 1. The maximum Gasteiger partial charge on any atom is 0.258 e. The van der Waals surface area contributed by atoms with Crippen LogP contribution in [0.3, 0.4) is 0 Å². The van der Waals surface area contributed by atoms with Gasteiger partial charge in [-0.2, -0.15) is 0 Å². The average Bonchev–Trinajstić information content (AvgIpc) is 2.68. The van der Waals surface area contributed by atoms with E-state index in [-0.39, 0.29) is 11.8 Å². The molecule has 2 aromatic carbocycles. The first kappa shape index (κ1) is 21.9. The van der Waals surface area contributed by atoms with Crippen LogP contribution in [-0.2, 0) is 0 Å². The molecule has 0 fully saturated rings. The molecule has 0 atom stereocenters. The number of carbonyl (C=O) groups is 1. The number of allylic oxidation sites excluding steroid dienone is 3. The Morgan fingerprint density at radius 3 is 2.17 bits per heavy atom. The van der Waals surface area contributed by atoms with Crippen molar-refractivity contribution < 1.29 is 4.79 Å². The van der Waals surface area contributed by atoms with Crippen molar-refractivity contribution >= 4 is 32.2 Å². The lowest BCUT2D eigenvalue weighted by molar-refractivity contribution is 0.0837. The standard InChI is InChI=1S/C27H29NO/c1-10-12-23(17(2)3)22(8)28(9)27(29)26-16-15-25(20(6)21(26)7)24-14-11-13-18(4)19(24)5/h10-17H,1,4-8H2,2-3,9H3. The van der Waals surface area contributed by atoms with Gasteiger partial charge in [-0.3, -0.25) is 4.79 Å². The highest BCUT2D eigenvalue weighted by Crippen LogP contribution is 2.22. The second-order valence-electron chi connectivity index (χ2n) is 7.38. The summed E-state index contributed by atoms with van der Waals surface area (Å²) in [6.07, 6.45) is 3.60. The molecule has 0 aliphatic rings. The minimum absolute atomic E-state index is 0.173. The Hall–Kier alpha value is -3.39. The minimum atomic E-state index is -0.173. The Labute approximate surface area is 173 Å². The van der Waals surface area contributed by atoms with Crippen LogP contribution >= 0.6 is 0 Å². The normalized spacial score (nSPS) is 11.4. The fraction of sp³-hybridized carbons (Fsp3) is 0.148. The van der Waals surface area contributed by atoms with E-state index in [9.17, 15) is 4.79 Å². The fourth-order valence-electron chi connectivity index (χ4n) is 3.28. The average molecular weight is 384 g/mol. The molecule has 1 amide bonds. The molecule has 29 heavy (non-hydrogen) atoms. The van der Waals surface area contributed by atoms with Crippen LogP contribution < -0.4 is 20.9 Å². The summed E-state index contributed by atoms with van der Waals surface area (Å²) in [6, 6.07) is 9.52. The lowest BCUT2D eigenvalue weighted by Crippen LogP contribution is -2.37. The topological polar surface area (TPSA) is 20.3 Å². The van der Waals surface area contributed by atoms with Crippen molar-refractivity contribution in [1.29, 1.82) is 0 Å². The third-order valence-electron chi connectivity index (χ3n) is 5.19. The highest BCUT2D eigenvalue weighted by atomic mass is 16.2. The molecule has 0 radical (unpaired) electrons. The largest absolute Gasteiger partial charge is 0.312 e. The van der Waals surface area contributed by atoms with Crippen molar-refractivity contribution in [2.24, 2.45) is 5.92 Å². The maximum atomic E-state index is 13.2. The van der Waals surface area contributed by atoms with E-state index in [1.807, 2.05) is 30.3 Å². The molecule has 2 nitrogen and oxygen atoms in total. The van der Waals surface area contributed by atoms with Gasteiger partial charge in [-0.25, -0.2) is 0 Å². The highest BCUT2D eigenvalue weighted by molar-refractivity contribution is 5.96. The molecule has 0 aliphatic heterocycles. The van der Waals surface area contributed by atoms with Crippen molar-refractivity contribution in [1.82, 2.24) is 4.90 Å². The van der Waals surface area contributed by atoms with Crippen LogP contribution in [0.1, 0.15) is 24.2 Å². The van der Waals surface area contributed by atoms with Crippen molar-refractivity contribution in [2.75, 3.05) is 7.05 Å². The van der Waals surface area contributed by atoms with Gasteiger partial charge in [-0.15, -0.1) is 0 Å². The Bertz CT molecular complexity index is 1210. The van der Waals surface area contributed by atoms with Gasteiger partial charge in [0.25, 0.3) is 5.91 Å². The third-order valence-corrected chi connectivity index (χ3v) is 5.19. The summed E-state index contributed by atoms with van der Waals surface area (Å²) in [4.78, 5) is 14.7. The molecular weight excluding hydrogens is 354 g/mol. The van der Waals surface area contributed by atoms with E-state index in [1.54, 1.807) is 24.1 Å². The number of nitrogens with zero attached hydrogens (tertiary/aromatic N) is 1. The summed E-state index contributed by atoms with van der Waals surface area (Å²) in [6.45, 7) is 28.4. The van der Waals surface area contributed by atoms with E-state index in [0.717, 1.165) is 27.1 Å². The Kier molecular flexibility index (Phi) is 6.60. The molecule has 0 unspecified atom stereocenters. The fourth-order valence-corrected chi connectivity index (χ4v) is 3.28. The molecule has 0 saturated heterocycles. The van der Waals surface area contributed by atoms with Crippen molar-refractivity contribution in [3.05, 3.63) is 93.3 Å². The number of rotatable bonds is 6. The van der Waals surface area contributed by atoms with E-state index < -0.39 is 0 Å². The maximum absolute atomic E-state index is 13.2. The molecule has 0 aromatic heterocycles. The third kappa shape index (κ3) is 4.22. The smallest absolute Gasteiger partial charge is 0.258 e. The number of hydrogen-bond acceptors (Lipinski definition) is 1. The first-order valence-corrected chi connectivity index (χ1v) is 9.49. The summed E-state index contributed by atoms with van der Waals surface area (Å²) in [5.74, 6) is 0.0407. The molecule has 0 N–H and O–H groups in total. The van der Waals surface area contributed by atoms with Crippen LogP contribution in [0, 0.1) is 5.92 Å². The summed E-state index contributed by atoms with van der Waals surface area (Å²) in [5, 5.41) is 3.01. The van der Waals surface area contributed by atoms with Crippen LogP contribution in [0.15, 0.2) is 66.9 Å². The molecule has 0 bridgehead atoms. The van der Waals surface area contributed by atoms with E-state index >= 15 is 0 Å². The first-order valence-electron chi connectivity index (χ1n) is 9.49. The van der Waals surface area contributed by atoms with Crippen LogP contribution in [0.4, 0.5) is 0 Å². The van der Waals surface area contributed by atoms with Gasteiger partial charge >= 0.3 is 0 Å². The monoisotopic (exact) mass is 383 g/mol. The predicted molar refractivity (Wildman–Crippen MR) is 127 cm³/mol. The second kappa shape index (κ2) is 8.74. The predicted octanol–water partition coefficient (Wildman–Crippen LogP) is 3.35. The van der Waals surface area contributed by atoms with Gasteiger partial charge in [-0.1, -0.05) is 89.7 Å². The number of likely N-dealkylation sites (N-methyl/N-ethyl adjacent to an activating group) is 1. The van der Waals surface area contributed by atoms with Crippen LogP contribution in [-0.4, -0.2) is 17.9 Å². The van der Waals surface area contributed by atoms with Gasteiger partial charge in [0.05, 0.1) is 0 Å². The summed E-state index contributed by atoms with van der Waals surface area (Å²) < 4.78 is 0. The molecule has 2 aromatic rings. The van der Waals surface area contributed by atoms with Crippen molar-refractivity contribution in [2.45, 2.75) is 13.8 Å². The zero-order chi connectivity index (χ0) is 21.9. The van der Waals surface area contributed by atoms with Gasteiger partial charge in [0.2, 0.25) is 0 Å². The SMILES string of the molecule is C=CC=C(C(=C)N(C)C(=O)c1ccc(-c2cccc(=C)c2=C)c(=C)c1=C)C(C)C. The van der Waals surface area contributed by atoms with Gasteiger partial charge < -0.3 is 4.90 Å². The Balaban J connectivity index is 2.52. The molecular formula is C27H29NO.